The normalized spacial score (nSPS) is 11.3. The van der Waals surface area contributed by atoms with E-state index in [1.807, 2.05) is 0 Å². The first-order valence-corrected chi connectivity index (χ1v) is 14.5. The maximum atomic E-state index is 2.30. The van der Waals surface area contributed by atoms with Gasteiger partial charge in [-0.25, -0.2) is 0 Å². The third-order valence-electron chi connectivity index (χ3n) is 8.47. The van der Waals surface area contributed by atoms with Gasteiger partial charge in [0.2, 0.25) is 0 Å². The summed E-state index contributed by atoms with van der Waals surface area (Å²) in [7, 11) is 0. The summed E-state index contributed by atoms with van der Waals surface area (Å²) in [5.41, 5.74) is 10.0. The molecule has 0 unspecified atom stereocenters. The van der Waals surface area contributed by atoms with Crippen LogP contribution in [0.3, 0.4) is 0 Å². The van der Waals surface area contributed by atoms with E-state index in [9.17, 15) is 0 Å². The third-order valence-corrected chi connectivity index (χ3v) is 8.47. The van der Waals surface area contributed by atoms with Crippen LogP contribution < -0.4 is 0 Å². The Labute approximate surface area is 246 Å². The molecule has 0 amide bonds. The van der Waals surface area contributed by atoms with Crippen molar-refractivity contribution >= 4 is 32.3 Å². The summed E-state index contributed by atoms with van der Waals surface area (Å²) in [5.74, 6) is 0. The molecule has 0 spiro atoms. The lowest BCUT2D eigenvalue weighted by Gasteiger charge is -2.20. The second kappa shape index (κ2) is 10.2. The number of benzene rings is 8. The highest BCUT2D eigenvalue weighted by Gasteiger charge is 2.19. The van der Waals surface area contributed by atoms with Gasteiger partial charge in [-0.2, -0.15) is 0 Å². The molecule has 0 saturated heterocycles. The van der Waals surface area contributed by atoms with E-state index >= 15 is 0 Å². The molecule has 0 heteroatoms. The van der Waals surface area contributed by atoms with Crippen LogP contribution in [0.1, 0.15) is 0 Å². The highest BCUT2D eigenvalue weighted by atomic mass is 14.2. The lowest BCUT2D eigenvalue weighted by molar-refractivity contribution is 1.62. The van der Waals surface area contributed by atoms with Crippen LogP contribution in [-0.4, -0.2) is 0 Å². The van der Waals surface area contributed by atoms with Gasteiger partial charge in [0.25, 0.3) is 0 Å². The SMILES string of the molecule is c1ccc(-c2c3ccccc3c(-c3ccccc3)c3c(-c4ccc(-c5cccc6ccccc56)cc4)cccc23)cc1. The van der Waals surface area contributed by atoms with E-state index < -0.39 is 0 Å². The lowest BCUT2D eigenvalue weighted by atomic mass is 9.83. The van der Waals surface area contributed by atoms with E-state index in [1.165, 1.54) is 76.8 Å². The Balaban J connectivity index is 1.42. The van der Waals surface area contributed by atoms with Gasteiger partial charge in [-0.05, 0) is 76.8 Å². The zero-order valence-electron chi connectivity index (χ0n) is 23.2. The van der Waals surface area contributed by atoms with E-state index in [2.05, 4.69) is 170 Å². The highest BCUT2D eigenvalue weighted by Crippen LogP contribution is 2.47. The number of rotatable bonds is 4. The molecular weight excluding hydrogens is 504 g/mol. The van der Waals surface area contributed by atoms with Crippen LogP contribution in [0.15, 0.2) is 170 Å². The molecule has 8 rings (SSSR count). The third kappa shape index (κ3) is 4.00. The molecule has 0 saturated carbocycles. The van der Waals surface area contributed by atoms with Crippen molar-refractivity contribution in [2.75, 3.05) is 0 Å². The summed E-state index contributed by atoms with van der Waals surface area (Å²) in [6.45, 7) is 0. The number of hydrogen-bond donors (Lipinski definition) is 0. The first-order valence-electron chi connectivity index (χ1n) is 14.5. The Hall–Kier alpha value is -5.46. The van der Waals surface area contributed by atoms with Crippen LogP contribution in [0.2, 0.25) is 0 Å². The minimum absolute atomic E-state index is 1.22. The summed E-state index contributed by atoms with van der Waals surface area (Å²) in [5, 5.41) is 7.66. The molecule has 0 N–H and O–H groups in total. The van der Waals surface area contributed by atoms with Crippen LogP contribution in [0.4, 0.5) is 0 Å². The van der Waals surface area contributed by atoms with Crippen molar-refractivity contribution in [2.45, 2.75) is 0 Å². The molecule has 0 aliphatic carbocycles. The van der Waals surface area contributed by atoms with Gasteiger partial charge in [-0.15, -0.1) is 0 Å². The molecule has 0 aliphatic heterocycles. The van der Waals surface area contributed by atoms with E-state index in [1.54, 1.807) is 0 Å². The monoisotopic (exact) mass is 532 g/mol. The molecule has 0 bridgehead atoms. The van der Waals surface area contributed by atoms with Crippen LogP contribution >= 0.6 is 0 Å². The second-order valence-corrected chi connectivity index (χ2v) is 10.9. The molecule has 42 heavy (non-hydrogen) atoms. The van der Waals surface area contributed by atoms with E-state index in [4.69, 9.17) is 0 Å². The predicted octanol–water partition coefficient (Wildman–Crippen LogP) is 11.8. The average Bonchev–Trinajstić information content (AvgIpc) is 3.07. The van der Waals surface area contributed by atoms with Crippen molar-refractivity contribution in [1.82, 2.24) is 0 Å². The lowest BCUT2D eigenvalue weighted by Crippen LogP contribution is -1.93. The van der Waals surface area contributed by atoms with Crippen LogP contribution in [0, 0.1) is 0 Å². The first-order chi connectivity index (χ1) is 20.9. The number of hydrogen-bond acceptors (Lipinski definition) is 0. The molecule has 0 fully saturated rings. The van der Waals surface area contributed by atoms with Crippen molar-refractivity contribution in [3.05, 3.63) is 170 Å². The van der Waals surface area contributed by atoms with E-state index in [0.29, 0.717) is 0 Å². The van der Waals surface area contributed by atoms with Gasteiger partial charge in [0.15, 0.2) is 0 Å². The molecule has 8 aromatic carbocycles. The number of fused-ring (bicyclic) bond motifs is 3. The zero-order valence-corrected chi connectivity index (χ0v) is 23.2. The maximum absolute atomic E-state index is 2.30. The van der Waals surface area contributed by atoms with Gasteiger partial charge >= 0.3 is 0 Å². The van der Waals surface area contributed by atoms with Crippen LogP contribution in [-0.2, 0) is 0 Å². The van der Waals surface area contributed by atoms with Crippen molar-refractivity contribution in [1.29, 1.82) is 0 Å². The fourth-order valence-electron chi connectivity index (χ4n) is 6.60. The van der Waals surface area contributed by atoms with Gasteiger partial charge in [0.1, 0.15) is 0 Å². The van der Waals surface area contributed by atoms with Gasteiger partial charge in [0.05, 0.1) is 0 Å². The Morgan fingerprint density at radius 3 is 1.38 bits per heavy atom. The smallest absolute Gasteiger partial charge is 0.00141 e. The van der Waals surface area contributed by atoms with Crippen molar-refractivity contribution in [3.8, 4) is 44.5 Å². The summed E-state index contributed by atoms with van der Waals surface area (Å²) in [6, 6.07) is 61.7. The first kappa shape index (κ1) is 24.3. The molecule has 196 valence electrons. The van der Waals surface area contributed by atoms with Crippen molar-refractivity contribution in [3.63, 3.8) is 0 Å². The molecule has 0 aromatic heterocycles. The Morgan fingerprint density at radius 1 is 0.238 bits per heavy atom. The topological polar surface area (TPSA) is 0 Å². The summed E-state index contributed by atoms with van der Waals surface area (Å²) < 4.78 is 0. The summed E-state index contributed by atoms with van der Waals surface area (Å²) >= 11 is 0. The molecule has 0 nitrogen and oxygen atoms in total. The largest absolute Gasteiger partial charge is 0.0622 e. The summed E-state index contributed by atoms with van der Waals surface area (Å²) in [6.07, 6.45) is 0. The van der Waals surface area contributed by atoms with Crippen molar-refractivity contribution < 1.29 is 0 Å². The van der Waals surface area contributed by atoms with Gasteiger partial charge in [-0.1, -0.05) is 170 Å². The molecular formula is C42H28. The van der Waals surface area contributed by atoms with Gasteiger partial charge in [0, 0.05) is 0 Å². The Kier molecular flexibility index (Phi) is 5.90. The standard InChI is InChI=1S/C42H28/c1-3-14-32(15-4-1)40-37-20-9-10-21-38(37)41(33-16-5-2-6-17-33)42-36(23-12-24-39(40)42)31-27-25-30(26-28-31)35-22-11-18-29-13-7-8-19-34(29)35/h1-28H. The maximum Gasteiger partial charge on any atom is -0.00141 e. The minimum atomic E-state index is 1.22. The Bertz CT molecular complexity index is 2200. The van der Waals surface area contributed by atoms with Crippen LogP contribution in [0.5, 0.6) is 0 Å². The molecule has 0 heterocycles. The van der Waals surface area contributed by atoms with E-state index in [0.717, 1.165) is 0 Å². The summed E-state index contributed by atoms with van der Waals surface area (Å²) in [4.78, 5) is 0. The quantitative estimate of drug-likeness (QED) is 0.198. The molecule has 0 radical (unpaired) electrons. The van der Waals surface area contributed by atoms with Crippen molar-refractivity contribution in [2.24, 2.45) is 0 Å². The highest BCUT2D eigenvalue weighted by molar-refractivity contribution is 6.24. The predicted molar refractivity (Wildman–Crippen MR) is 181 cm³/mol. The average molecular weight is 533 g/mol. The van der Waals surface area contributed by atoms with Gasteiger partial charge in [-0.3, -0.25) is 0 Å². The zero-order chi connectivity index (χ0) is 27.9. The second-order valence-electron chi connectivity index (χ2n) is 10.9. The van der Waals surface area contributed by atoms with Crippen LogP contribution in [0.25, 0.3) is 76.8 Å². The molecule has 0 aliphatic rings. The minimum Gasteiger partial charge on any atom is -0.0622 e. The van der Waals surface area contributed by atoms with Gasteiger partial charge < -0.3 is 0 Å². The molecule has 0 atom stereocenters. The fourth-order valence-corrected chi connectivity index (χ4v) is 6.60. The fraction of sp³-hybridized carbons (Fsp3) is 0. The Morgan fingerprint density at radius 2 is 0.690 bits per heavy atom. The van der Waals surface area contributed by atoms with E-state index in [-0.39, 0.29) is 0 Å². The molecule has 8 aromatic rings.